The first kappa shape index (κ1) is 43.2. The fourth-order valence-corrected chi connectivity index (χ4v) is 7.51. The van der Waals surface area contributed by atoms with E-state index >= 15 is 0 Å². The molecule has 0 aliphatic carbocycles. The largest absolute Gasteiger partial charge is 0.497 e. The third kappa shape index (κ3) is 10.5. The highest BCUT2D eigenvalue weighted by Crippen LogP contribution is 2.49. The number of ether oxygens (including phenoxy) is 6. The fraction of sp³-hybridized carbons (Fsp3) is 0.475. The molecule has 3 rings (SSSR count). The molecule has 53 heavy (non-hydrogen) atoms. The van der Waals surface area contributed by atoms with Crippen molar-refractivity contribution >= 4 is 20.5 Å². The molecule has 0 heterocycles. The van der Waals surface area contributed by atoms with Crippen molar-refractivity contribution in [2.45, 2.75) is 65.6 Å². The minimum absolute atomic E-state index is 0.0158. The Balaban J connectivity index is 2.31. The van der Waals surface area contributed by atoms with Gasteiger partial charge in [-0.2, -0.15) is 5.26 Å². The third-order valence-electron chi connectivity index (χ3n) is 8.44. The zero-order valence-electron chi connectivity index (χ0n) is 32.2. The van der Waals surface area contributed by atoms with E-state index in [9.17, 15) is 14.9 Å². The fourth-order valence-electron chi connectivity index (χ4n) is 5.84. The Hall–Kier alpha value is -4.24. The number of hydrogen-bond acceptors (Lipinski definition) is 12. The first-order valence-corrected chi connectivity index (χ1v) is 18.7. The van der Waals surface area contributed by atoms with Crippen molar-refractivity contribution in [3.8, 4) is 23.3 Å². The minimum Gasteiger partial charge on any atom is -0.497 e. The van der Waals surface area contributed by atoms with E-state index < -0.39 is 44.7 Å². The molecule has 13 heteroatoms. The van der Waals surface area contributed by atoms with E-state index in [2.05, 4.69) is 6.07 Å². The minimum atomic E-state index is -2.11. The average Bonchev–Trinajstić information content (AvgIpc) is 3.16. The van der Waals surface area contributed by atoms with E-state index in [1.807, 2.05) is 105 Å². The Morgan fingerprint density at radius 3 is 1.40 bits per heavy atom. The van der Waals surface area contributed by atoms with Gasteiger partial charge in [-0.25, -0.2) is 4.67 Å². The quantitative estimate of drug-likeness (QED) is 0.0332. The molecular formula is C40H53N2O10P. The molecule has 0 N–H and O–H groups in total. The molecule has 12 nitrogen and oxygen atoms in total. The number of carbonyl (C=O) groups is 2. The lowest BCUT2D eigenvalue weighted by Gasteiger charge is -2.40. The van der Waals surface area contributed by atoms with Gasteiger partial charge in [0.2, 0.25) is 5.41 Å². The van der Waals surface area contributed by atoms with Crippen LogP contribution in [0.2, 0.25) is 0 Å². The van der Waals surface area contributed by atoms with Crippen LogP contribution in [0.4, 0.5) is 0 Å². The molecular weight excluding hydrogens is 699 g/mol. The number of benzene rings is 3. The van der Waals surface area contributed by atoms with Crippen molar-refractivity contribution in [1.29, 1.82) is 5.26 Å². The normalized spacial score (nSPS) is 12.4. The highest BCUT2D eigenvalue weighted by molar-refractivity contribution is 7.44. The average molecular weight is 753 g/mol. The SMILES string of the molecule is CCOC(=O)C(COP(OCCC#N)N(C(C)C)C(C)C)(COC(c1ccc(OC)cc1)(c1ccc(OC)cc1)c1ccc(OC)cc1)C(=O)OCC. The Morgan fingerprint density at radius 1 is 0.679 bits per heavy atom. The lowest BCUT2D eigenvalue weighted by molar-refractivity contribution is -0.183. The second-order valence-corrected chi connectivity index (χ2v) is 14.0. The van der Waals surface area contributed by atoms with Gasteiger partial charge in [0.05, 0.1) is 66.9 Å². The van der Waals surface area contributed by atoms with Crippen LogP contribution in [0.25, 0.3) is 0 Å². The predicted molar refractivity (Wildman–Crippen MR) is 202 cm³/mol. The summed E-state index contributed by atoms with van der Waals surface area (Å²) in [4.78, 5) is 28.5. The smallest absolute Gasteiger partial charge is 0.328 e. The summed E-state index contributed by atoms with van der Waals surface area (Å²) in [5, 5.41) is 9.24. The van der Waals surface area contributed by atoms with Gasteiger partial charge in [0, 0.05) is 12.1 Å². The molecule has 0 amide bonds. The predicted octanol–water partition coefficient (Wildman–Crippen LogP) is 7.43. The highest BCUT2D eigenvalue weighted by Gasteiger charge is 2.53. The monoisotopic (exact) mass is 752 g/mol. The lowest BCUT2D eigenvalue weighted by Crippen LogP contribution is -2.51. The second-order valence-electron chi connectivity index (χ2n) is 12.5. The molecule has 0 aromatic heterocycles. The molecule has 1 atom stereocenters. The molecule has 0 radical (unpaired) electrons. The molecule has 0 saturated carbocycles. The Morgan fingerprint density at radius 2 is 1.08 bits per heavy atom. The van der Waals surface area contributed by atoms with Crippen LogP contribution in [0.5, 0.6) is 17.2 Å². The first-order chi connectivity index (χ1) is 25.5. The van der Waals surface area contributed by atoms with Crippen molar-refractivity contribution < 1.29 is 47.1 Å². The molecule has 3 aromatic rings. The maximum Gasteiger partial charge on any atom is 0.328 e. The molecule has 0 spiro atoms. The number of esters is 2. The van der Waals surface area contributed by atoms with E-state index in [1.54, 1.807) is 35.2 Å². The molecule has 0 bridgehead atoms. The van der Waals surface area contributed by atoms with Gasteiger partial charge in [0.1, 0.15) is 22.8 Å². The van der Waals surface area contributed by atoms with E-state index in [0.29, 0.717) is 33.9 Å². The number of methoxy groups -OCH3 is 3. The van der Waals surface area contributed by atoms with Gasteiger partial charge in [0.25, 0.3) is 8.53 Å². The van der Waals surface area contributed by atoms with Gasteiger partial charge in [-0.15, -0.1) is 0 Å². The van der Waals surface area contributed by atoms with Crippen molar-refractivity contribution in [3.05, 3.63) is 89.5 Å². The molecule has 0 fully saturated rings. The number of carbonyl (C=O) groups excluding carboxylic acids is 2. The van der Waals surface area contributed by atoms with Crippen LogP contribution in [-0.2, 0) is 38.4 Å². The summed E-state index contributed by atoms with van der Waals surface area (Å²) in [5.74, 6) is 0.117. The Kier molecular flexibility index (Phi) is 17.0. The molecule has 0 aliphatic heterocycles. The van der Waals surface area contributed by atoms with Gasteiger partial charge in [0.15, 0.2) is 0 Å². The summed E-state index contributed by atoms with van der Waals surface area (Å²) < 4.78 is 49.3. The summed E-state index contributed by atoms with van der Waals surface area (Å²) in [6, 6.07) is 24.1. The maximum absolute atomic E-state index is 14.2. The summed E-state index contributed by atoms with van der Waals surface area (Å²) in [6.07, 6.45) is 0.129. The van der Waals surface area contributed by atoms with Crippen molar-refractivity contribution in [2.24, 2.45) is 5.41 Å². The van der Waals surface area contributed by atoms with Crippen molar-refractivity contribution in [3.63, 3.8) is 0 Å². The van der Waals surface area contributed by atoms with Crippen LogP contribution in [0, 0.1) is 16.7 Å². The summed E-state index contributed by atoms with van der Waals surface area (Å²) in [6.45, 7) is 10.3. The van der Waals surface area contributed by atoms with Crippen LogP contribution >= 0.6 is 8.53 Å². The van der Waals surface area contributed by atoms with Crippen LogP contribution < -0.4 is 14.2 Å². The Bertz CT molecular complexity index is 1470. The van der Waals surface area contributed by atoms with Gasteiger partial charge in [-0.1, -0.05) is 36.4 Å². The van der Waals surface area contributed by atoms with Crippen LogP contribution in [0.1, 0.15) is 64.7 Å². The third-order valence-corrected chi connectivity index (χ3v) is 10.5. The van der Waals surface area contributed by atoms with E-state index in [1.165, 1.54) is 0 Å². The van der Waals surface area contributed by atoms with Crippen LogP contribution in [0.15, 0.2) is 72.8 Å². The van der Waals surface area contributed by atoms with Gasteiger partial charge in [-0.3, -0.25) is 9.59 Å². The number of hydrogen-bond donors (Lipinski definition) is 0. The Labute approximate surface area is 315 Å². The van der Waals surface area contributed by atoms with Gasteiger partial charge < -0.3 is 37.5 Å². The molecule has 1 unspecified atom stereocenters. The van der Waals surface area contributed by atoms with Crippen molar-refractivity contribution in [1.82, 2.24) is 4.67 Å². The van der Waals surface area contributed by atoms with Crippen LogP contribution in [0.3, 0.4) is 0 Å². The zero-order valence-corrected chi connectivity index (χ0v) is 33.1. The molecule has 3 aromatic carbocycles. The maximum atomic E-state index is 14.2. The van der Waals surface area contributed by atoms with E-state index in [0.717, 1.165) is 0 Å². The van der Waals surface area contributed by atoms with E-state index in [4.69, 9.17) is 37.5 Å². The van der Waals surface area contributed by atoms with Crippen molar-refractivity contribution in [2.75, 3.05) is 54.4 Å². The standard InChI is InChI=1S/C40H53N2O10P/c1-10-48-37(43)39(38(44)49-11-2,28-52-53(51-26-12-25-41)42(29(3)4)30(5)6)27-50-40(31-13-19-34(45-7)20-14-31,32-15-21-35(46-8)22-16-32)33-17-23-36(47-9)24-18-33/h13-24,29-30H,10-12,26-28H2,1-9H3. The highest BCUT2D eigenvalue weighted by atomic mass is 31.2. The van der Waals surface area contributed by atoms with E-state index in [-0.39, 0.29) is 38.3 Å². The van der Waals surface area contributed by atoms with Gasteiger partial charge >= 0.3 is 11.9 Å². The lowest BCUT2D eigenvalue weighted by atomic mass is 9.79. The second kappa shape index (κ2) is 20.9. The summed E-state index contributed by atoms with van der Waals surface area (Å²) in [7, 11) is 2.88. The molecule has 0 saturated heterocycles. The number of rotatable bonds is 22. The summed E-state index contributed by atoms with van der Waals surface area (Å²) in [5.41, 5.74) is -1.52. The summed E-state index contributed by atoms with van der Waals surface area (Å²) >= 11 is 0. The first-order valence-electron chi connectivity index (χ1n) is 17.6. The van der Waals surface area contributed by atoms with Crippen LogP contribution in [-0.4, -0.2) is 83.1 Å². The van der Waals surface area contributed by atoms with Gasteiger partial charge in [-0.05, 0) is 94.6 Å². The zero-order chi connectivity index (χ0) is 39.0. The molecule has 0 aliphatic rings. The topological polar surface area (TPSA) is 135 Å². The number of nitrogens with zero attached hydrogens (tertiary/aromatic N) is 2. The number of nitriles is 1. The molecule has 288 valence electrons.